The van der Waals surface area contributed by atoms with Gasteiger partial charge in [-0.3, -0.25) is 14.4 Å². The predicted molar refractivity (Wildman–Crippen MR) is 162 cm³/mol. The average Bonchev–Trinajstić information content (AvgIpc) is 2.83. The third-order valence-electron chi connectivity index (χ3n) is 13.4. The summed E-state index contributed by atoms with van der Waals surface area (Å²) >= 11 is 14.4. The zero-order valence-electron chi connectivity index (χ0n) is 25.9. The van der Waals surface area contributed by atoms with E-state index in [4.69, 9.17) is 44.3 Å². The second kappa shape index (κ2) is 9.61. The lowest BCUT2D eigenvalue weighted by atomic mass is 9.31. The Hall–Kier alpha value is -0.780. The van der Waals surface area contributed by atoms with Gasteiger partial charge in [-0.25, -0.2) is 0 Å². The zero-order chi connectivity index (χ0) is 30.6. The largest absolute Gasteiger partial charge is 0.462 e. The number of ketones is 1. The molecule has 41 heavy (non-hydrogen) atoms. The standard InChI is InChI=1S/C32H46O5.CHCl3/c1-19(33)36-24-10-11-28(6)20(27(24,4)5)9-12-29(7)21(28)17-23(34)30(8)22-18-26(2,3)13-14-31(22)15-16-32(29,30)37-25(31)35;2-1(3)4/h17,20,22,24H,9-16,18H2,1-8H3;1H/t20-,22-,24-,28-,29+,30+,31-,32-;/m0./s1. The Bertz CT molecular complexity index is 1190. The Labute approximate surface area is 260 Å². The maximum absolute atomic E-state index is 14.6. The molecule has 230 valence electrons. The van der Waals surface area contributed by atoms with Crippen LogP contribution in [0.25, 0.3) is 0 Å². The van der Waals surface area contributed by atoms with Crippen LogP contribution in [0, 0.1) is 44.3 Å². The molecule has 0 aromatic carbocycles. The van der Waals surface area contributed by atoms with E-state index in [-0.39, 0.29) is 57.3 Å². The third-order valence-corrected chi connectivity index (χ3v) is 13.4. The molecule has 0 amide bonds. The first-order valence-corrected chi connectivity index (χ1v) is 16.6. The van der Waals surface area contributed by atoms with E-state index in [1.54, 1.807) is 0 Å². The van der Waals surface area contributed by atoms with Crippen molar-refractivity contribution in [2.24, 2.45) is 44.3 Å². The lowest BCUT2D eigenvalue weighted by Gasteiger charge is -2.75. The van der Waals surface area contributed by atoms with E-state index in [9.17, 15) is 14.4 Å². The average molecular weight is 630 g/mol. The minimum Gasteiger partial charge on any atom is -0.462 e. The molecule has 2 aliphatic heterocycles. The Morgan fingerprint density at radius 2 is 1.51 bits per heavy atom. The molecular weight excluding hydrogens is 583 g/mol. The first kappa shape index (κ1) is 31.6. The van der Waals surface area contributed by atoms with E-state index < -0.39 is 20.7 Å². The van der Waals surface area contributed by atoms with E-state index >= 15 is 0 Å². The second-order valence-corrected chi connectivity index (χ2v) is 17.9. The molecule has 0 unspecified atom stereocenters. The number of allylic oxidation sites excluding steroid dienone is 1. The quantitative estimate of drug-likeness (QED) is 0.215. The smallest absolute Gasteiger partial charge is 0.313 e. The fraction of sp³-hybridized carbons (Fsp3) is 0.848. The van der Waals surface area contributed by atoms with Crippen molar-refractivity contribution in [1.29, 1.82) is 0 Å². The fourth-order valence-corrected chi connectivity index (χ4v) is 11.3. The summed E-state index contributed by atoms with van der Waals surface area (Å²) in [6.07, 6.45) is 9.79. The molecule has 0 N–H and O–H groups in total. The Morgan fingerprint density at radius 1 is 0.902 bits per heavy atom. The Morgan fingerprint density at radius 3 is 2.10 bits per heavy atom. The van der Waals surface area contributed by atoms with Crippen LogP contribution in [0.4, 0.5) is 0 Å². The number of halogens is 3. The summed E-state index contributed by atoms with van der Waals surface area (Å²) in [7, 11) is 0. The van der Waals surface area contributed by atoms with Crippen LogP contribution < -0.4 is 0 Å². The van der Waals surface area contributed by atoms with Gasteiger partial charge in [-0.05, 0) is 93.5 Å². The summed E-state index contributed by atoms with van der Waals surface area (Å²) in [4.78, 5) is 40.4. The van der Waals surface area contributed by atoms with Gasteiger partial charge in [-0.2, -0.15) is 0 Å². The molecular formula is C33H47Cl3O5. The van der Waals surface area contributed by atoms with Crippen LogP contribution in [0.5, 0.6) is 0 Å². The molecule has 5 aliphatic carbocycles. The maximum atomic E-state index is 14.6. The van der Waals surface area contributed by atoms with Crippen molar-refractivity contribution in [2.75, 3.05) is 0 Å². The molecule has 2 spiro atoms. The molecule has 2 saturated heterocycles. The van der Waals surface area contributed by atoms with E-state index in [1.807, 2.05) is 6.08 Å². The minimum absolute atomic E-state index is 0.0295. The van der Waals surface area contributed by atoms with Gasteiger partial charge in [-0.15, -0.1) is 0 Å². The van der Waals surface area contributed by atoms with E-state index in [1.165, 1.54) is 12.5 Å². The molecule has 0 aromatic rings. The highest BCUT2D eigenvalue weighted by molar-refractivity contribution is 6.63. The summed E-state index contributed by atoms with van der Waals surface area (Å²) in [5.74, 6) is 0.239. The molecule has 6 fully saturated rings. The number of esters is 2. The van der Waals surface area contributed by atoms with Gasteiger partial charge in [0, 0.05) is 17.8 Å². The van der Waals surface area contributed by atoms with Crippen molar-refractivity contribution < 1.29 is 23.9 Å². The molecule has 5 nitrogen and oxygen atoms in total. The highest BCUT2D eigenvalue weighted by Gasteiger charge is 2.82. The van der Waals surface area contributed by atoms with E-state index in [0.717, 1.165) is 57.8 Å². The normalized spacial score (nSPS) is 46.9. The van der Waals surface area contributed by atoms with Crippen LogP contribution in [0.15, 0.2) is 11.6 Å². The molecule has 7 rings (SSSR count). The Balaban J connectivity index is 0.000000794. The number of rotatable bonds is 1. The first-order valence-electron chi connectivity index (χ1n) is 15.3. The number of hydrogen-bond acceptors (Lipinski definition) is 5. The van der Waals surface area contributed by atoms with Crippen molar-refractivity contribution in [3.63, 3.8) is 0 Å². The van der Waals surface area contributed by atoms with Gasteiger partial charge in [0.15, 0.2) is 10.1 Å². The Kier molecular flexibility index (Phi) is 7.41. The summed E-state index contributed by atoms with van der Waals surface area (Å²) in [5, 5.41) is 0. The number of hydrogen-bond donors (Lipinski definition) is 0. The number of carbonyl (C=O) groups is 3. The summed E-state index contributed by atoms with van der Waals surface area (Å²) in [6.45, 7) is 17.4. The zero-order valence-corrected chi connectivity index (χ0v) is 28.2. The summed E-state index contributed by atoms with van der Waals surface area (Å²) < 4.78 is 11.8. The second-order valence-electron chi connectivity index (χ2n) is 16.0. The van der Waals surface area contributed by atoms with E-state index in [0.29, 0.717) is 0 Å². The summed E-state index contributed by atoms with van der Waals surface area (Å²) in [5.41, 5.74) is -1.46. The molecule has 8 atom stereocenters. The number of carbonyl (C=O) groups excluding carboxylic acids is 3. The molecule has 7 aliphatic rings. The summed E-state index contributed by atoms with van der Waals surface area (Å²) in [6, 6.07) is 0. The van der Waals surface area contributed by atoms with Crippen molar-refractivity contribution in [3.8, 4) is 0 Å². The topological polar surface area (TPSA) is 69.7 Å². The fourth-order valence-electron chi connectivity index (χ4n) is 11.3. The predicted octanol–water partition coefficient (Wildman–Crippen LogP) is 8.56. The van der Waals surface area contributed by atoms with Crippen LogP contribution in [-0.4, -0.2) is 33.7 Å². The van der Waals surface area contributed by atoms with Crippen LogP contribution >= 0.6 is 34.8 Å². The van der Waals surface area contributed by atoms with Gasteiger partial charge < -0.3 is 9.47 Å². The van der Waals surface area contributed by atoms with Gasteiger partial charge in [0.05, 0.1) is 10.8 Å². The molecule has 2 bridgehead atoms. The molecule has 4 saturated carbocycles. The van der Waals surface area contributed by atoms with Crippen LogP contribution in [-0.2, 0) is 23.9 Å². The van der Waals surface area contributed by atoms with Crippen LogP contribution in [0.3, 0.4) is 0 Å². The number of alkyl halides is 3. The van der Waals surface area contributed by atoms with Gasteiger partial charge in [0.2, 0.25) is 0 Å². The minimum atomic E-state index is -0.789. The van der Waals surface area contributed by atoms with Crippen molar-refractivity contribution >= 4 is 52.5 Å². The first-order chi connectivity index (χ1) is 18.7. The highest BCUT2D eigenvalue weighted by atomic mass is 35.6. The van der Waals surface area contributed by atoms with Crippen molar-refractivity contribution in [1.82, 2.24) is 0 Å². The third kappa shape index (κ3) is 4.09. The van der Waals surface area contributed by atoms with Gasteiger partial charge in [0.25, 0.3) is 0 Å². The van der Waals surface area contributed by atoms with Crippen LogP contribution in [0.1, 0.15) is 113 Å². The molecule has 8 heteroatoms. The van der Waals surface area contributed by atoms with Crippen molar-refractivity contribution in [2.45, 2.75) is 129 Å². The molecule has 2 heterocycles. The lowest BCUT2D eigenvalue weighted by molar-refractivity contribution is -0.303. The van der Waals surface area contributed by atoms with Gasteiger partial charge in [-0.1, -0.05) is 81.9 Å². The van der Waals surface area contributed by atoms with Crippen molar-refractivity contribution in [3.05, 3.63) is 11.6 Å². The maximum Gasteiger partial charge on any atom is 0.313 e. The van der Waals surface area contributed by atoms with Gasteiger partial charge >= 0.3 is 11.9 Å². The SMILES string of the molecule is CC(=O)O[C@H]1CC[C@]2(C)C3=CC(=O)[C@@]4(C)[C@@H]5CC(C)(C)CC[C@]56CC[C@]4(OC6=O)[C@]3(C)CC[C@H]2C1(C)C.ClC(Cl)Cl. The van der Waals surface area contributed by atoms with Gasteiger partial charge in [0.1, 0.15) is 11.7 Å². The van der Waals surface area contributed by atoms with Crippen LogP contribution in [0.2, 0.25) is 0 Å². The molecule has 0 aromatic heterocycles. The highest BCUT2D eigenvalue weighted by Crippen LogP contribution is 2.78. The number of fused-ring (bicyclic) bond motifs is 5. The van der Waals surface area contributed by atoms with E-state index in [2.05, 4.69) is 48.5 Å². The lowest BCUT2D eigenvalue weighted by Crippen LogP contribution is -2.80. The number of ether oxygens (including phenoxy) is 2. The monoisotopic (exact) mass is 628 g/mol. The molecule has 0 radical (unpaired) electrons.